The summed E-state index contributed by atoms with van der Waals surface area (Å²) in [7, 11) is 3.07. The maximum atomic E-state index is 12.4. The number of amides is 1. The summed E-state index contributed by atoms with van der Waals surface area (Å²) in [5.74, 6) is 0.174. The summed E-state index contributed by atoms with van der Waals surface area (Å²) in [6, 6.07) is 11.9. The van der Waals surface area contributed by atoms with E-state index in [1.54, 1.807) is 54.5 Å². The van der Waals surface area contributed by atoms with Gasteiger partial charge in [-0.05, 0) is 24.3 Å². The molecule has 2 aromatic rings. The molecule has 0 saturated carbocycles. The monoisotopic (exact) mass is 375 g/mol. The first-order valence-corrected chi connectivity index (χ1v) is 8.40. The van der Waals surface area contributed by atoms with Crippen LogP contribution in [-0.2, 0) is 9.59 Å². The number of carbonyl (C=O) groups is 2. The molecule has 1 atom stereocenters. The Morgan fingerprint density at radius 1 is 1.08 bits per heavy atom. The summed E-state index contributed by atoms with van der Waals surface area (Å²) in [5, 5.41) is 0.349. The van der Waals surface area contributed by atoms with Gasteiger partial charge in [0.1, 0.15) is 5.75 Å². The molecule has 0 aliphatic carbocycles. The van der Waals surface area contributed by atoms with Crippen LogP contribution < -0.4 is 19.1 Å². The number of ether oxygens (including phenoxy) is 3. The first kappa shape index (κ1) is 18.1. The van der Waals surface area contributed by atoms with Crippen molar-refractivity contribution in [3.63, 3.8) is 0 Å². The van der Waals surface area contributed by atoms with Crippen LogP contribution in [0.25, 0.3) is 0 Å². The summed E-state index contributed by atoms with van der Waals surface area (Å²) in [5.41, 5.74) is 0.640. The van der Waals surface area contributed by atoms with Gasteiger partial charge in [-0.15, -0.1) is 0 Å². The summed E-state index contributed by atoms with van der Waals surface area (Å²) < 4.78 is 15.8. The number of halogens is 1. The lowest BCUT2D eigenvalue weighted by Gasteiger charge is -2.18. The third kappa shape index (κ3) is 3.60. The zero-order valence-electron chi connectivity index (χ0n) is 14.4. The molecule has 1 aliphatic heterocycles. The molecule has 1 amide bonds. The van der Waals surface area contributed by atoms with Gasteiger partial charge >= 0.3 is 5.97 Å². The summed E-state index contributed by atoms with van der Waals surface area (Å²) in [6.45, 7) is 0.234. The minimum atomic E-state index is -0.563. The van der Waals surface area contributed by atoms with Gasteiger partial charge < -0.3 is 19.1 Å². The lowest BCUT2D eigenvalue weighted by Crippen LogP contribution is -2.27. The third-order valence-electron chi connectivity index (χ3n) is 4.18. The van der Waals surface area contributed by atoms with Crippen molar-refractivity contribution in [2.24, 2.45) is 5.92 Å². The van der Waals surface area contributed by atoms with E-state index < -0.39 is 11.9 Å². The van der Waals surface area contributed by atoms with E-state index in [9.17, 15) is 9.59 Å². The molecule has 0 radical (unpaired) electrons. The number of carbonyl (C=O) groups excluding carboxylic acids is 2. The molecule has 1 saturated heterocycles. The molecule has 1 fully saturated rings. The van der Waals surface area contributed by atoms with Crippen LogP contribution >= 0.6 is 11.6 Å². The Balaban J connectivity index is 1.74. The number of hydrogen-bond acceptors (Lipinski definition) is 5. The molecule has 0 bridgehead atoms. The highest BCUT2D eigenvalue weighted by Crippen LogP contribution is 2.34. The Labute approximate surface area is 156 Å². The molecule has 136 valence electrons. The topological polar surface area (TPSA) is 65.1 Å². The van der Waals surface area contributed by atoms with Gasteiger partial charge in [-0.2, -0.15) is 0 Å². The van der Waals surface area contributed by atoms with Crippen LogP contribution in [0.15, 0.2) is 42.5 Å². The molecule has 2 aromatic carbocycles. The van der Waals surface area contributed by atoms with Crippen LogP contribution in [-0.4, -0.2) is 32.6 Å². The smallest absolute Gasteiger partial charge is 0.316 e. The standard InChI is InChI=1S/C19H18ClNO5/c1-24-16-8-7-13(10-17(16)25-2)21-11-12(9-18(21)22)19(23)26-15-6-4-3-5-14(15)20/h3-8,10,12H,9,11H2,1-2H3. The molecule has 3 rings (SSSR count). The first-order chi connectivity index (χ1) is 12.5. The third-order valence-corrected chi connectivity index (χ3v) is 4.50. The molecular weight excluding hydrogens is 358 g/mol. The number of nitrogens with zero attached hydrogens (tertiary/aromatic N) is 1. The van der Waals surface area contributed by atoms with Gasteiger partial charge in [-0.3, -0.25) is 9.59 Å². The Bertz CT molecular complexity index is 838. The van der Waals surface area contributed by atoms with E-state index in [1.807, 2.05) is 0 Å². The number of para-hydroxylation sites is 1. The lowest BCUT2D eigenvalue weighted by molar-refractivity contribution is -0.139. The van der Waals surface area contributed by atoms with Gasteiger partial charge in [-0.25, -0.2) is 0 Å². The Morgan fingerprint density at radius 2 is 1.81 bits per heavy atom. The largest absolute Gasteiger partial charge is 0.493 e. The second-order valence-corrected chi connectivity index (χ2v) is 6.20. The van der Waals surface area contributed by atoms with Gasteiger partial charge in [0.05, 0.1) is 25.2 Å². The van der Waals surface area contributed by atoms with Crippen LogP contribution in [0.5, 0.6) is 17.2 Å². The van der Waals surface area contributed by atoms with E-state index in [2.05, 4.69) is 0 Å². The molecule has 1 unspecified atom stereocenters. The highest BCUT2D eigenvalue weighted by atomic mass is 35.5. The number of anilines is 1. The van der Waals surface area contributed by atoms with Crippen molar-refractivity contribution in [2.75, 3.05) is 25.7 Å². The highest BCUT2D eigenvalue weighted by Gasteiger charge is 2.36. The maximum absolute atomic E-state index is 12.4. The normalized spacial score (nSPS) is 16.5. The van der Waals surface area contributed by atoms with E-state index in [4.69, 9.17) is 25.8 Å². The second kappa shape index (κ2) is 7.66. The van der Waals surface area contributed by atoms with E-state index in [1.165, 1.54) is 7.11 Å². The second-order valence-electron chi connectivity index (χ2n) is 5.80. The van der Waals surface area contributed by atoms with Gasteiger partial charge in [0, 0.05) is 24.7 Å². The van der Waals surface area contributed by atoms with Gasteiger partial charge in [0.25, 0.3) is 0 Å². The Kier molecular flexibility index (Phi) is 5.32. The number of rotatable bonds is 5. The quantitative estimate of drug-likeness (QED) is 0.592. The van der Waals surface area contributed by atoms with Crippen LogP contribution in [0.2, 0.25) is 5.02 Å². The average molecular weight is 376 g/mol. The summed E-state index contributed by atoms with van der Waals surface area (Å²) in [6.07, 6.45) is 0.0810. The van der Waals surface area contributed by atoms with E-state index in [-0.39, 0.29) is 24.6 Å². The van der Waals surface area contributed by atoms with Crippen LogP contribution in [0.4, 0.5) is 5.69 Å². The minimum Gasteiger partial charge on any atom is -0.493 e. The summed E-state index contributed by atoms with van der Waals surface area (Å²) in [4.78, 5) is 26.3. The van der Waals surface area contributed by atoms with Crippen molar-refractivity contribution >= 4 is 29.2 Å². The average Bonchev–Trinajstić information content (AvgIpc) is 3.05. The lowest BCUT2D eigenvalue weighted by atomic mass is 10.1. The first-order valence-electron chi connectivity index (χ1n) is 8.02. The van der Waals surface area contributed by atoms with Crippen LogP contribution in [0.3, 0.4) is 0 Å². The number of methoxy groups -OCH3 is 2. The van der Waals surface area contributed by atoms with Crippen molar-refractivity contribution < 1.29 is 23.8 Å². The molecule has 1 aliphatic rings. The zero-order chi connectivity index (χ0) is 18.7. The maximum Gasteiger partial charge on any atom is 0.316 e. The Morgan fingerprint density at radius 3 is 2.50 bits per heavy atom. The number of benzene rings is 2. The Hall–Kier alpha value is -2.73. The number of esters is 1. The molecule has 7 heteroatoms. The van der Waals surface area contributed by atoms with E-state index >= 15 is 0 Å². The molecule has 1 heterocycles. The van der Waals surface area contributed by atoms with Crippen molar-refractivity contribution in [3.8, 4) is 17.2 Å². The molecule has 26 heavy (non-hydrogen) atoms. The highest BCUT2D eigenvalue weighted by molar-refractivity contribution is 6.32. The molecule has 0 aromatic heterocycles. The molecule has 0 spiro atoms. The number of hydrogen-bond donors (Lipinski definition) is 0. The minimum absolute atomic E-state index is 0.0810. The van der Waals surface area contributed by atoms with Gasteiger partial charge in [-0.1, -0.05) is 23.7 Å². The summed E-state index contributed by atoms with van der Waals surface area (Å²) >= 11 is 6.01. The molecule has 6 nitrogen and oxygen atoms in total. The van der Waals surface area contributed by atoms with E-state index in [0.29, 0.717) is 22.2 Å². The van der Waals surface area contributed by atoms with Crippen molar-refractivity contribution in [1.82, 2.24) is 0 Å². The molecular formula is C19H18ClNO5. The van der Waals surface area contributed by atoms with Crippen molar-refractivity contribution in [1.29, 1.82) is 0 Å². The predicted molar refractivity (Wildman–Crippen MR) is 97.1 cm³/mol. The predicted octanol–water partition coefficient (Wildman–Crippen LogP) is 3.32. The zero-order valence-corrected chi connectivity index (χ0v) is 15.2. The fraction of sp³-hybridized carbons (Fsp3) is 0.263. The van der Waals surface area contributed by atoms with Crippen molar-refractivity contribution in [3.05, 3.63) is 47.5 Å². The van der Waals surface area contributed by atoms with Crippen LogP contribution in [0, 0.1) is 5.92 Å². The SMILES string of the molecule is COc1ccc(N2CC(C(=O)Oc3ccccc3Cl)CC2=O)cc1OC. The van der Waals surface area contributed by atoms with Gasteiger partial charge in [0.2, 0.25) is 5.91 Å². The fourth-order valence-electron chi connectivity index (χ4n) is 2.83. The van der Waals surface area contributed by atoms with Crippen LogP contribution in [0.1, 0.15) is 6.42 Å². The fourth-order valence-corrected chi connectivity index (χ4v) is 3.00. The van der Waals surface area contributed by atoms with Crippen molar-refractivity contribution in [2.45, 2.75) is 6.42 Å². The van der Waals surface area contributed by atoms with E-state index in [0.717, 1.165) is 0 Å². The van der Waals surface area contributed by atoms with Gasteiger partial charge in [0.15, 0.2) is 11.5 Å². The molecule has 0 N–H and O–H groups in total.